The van der Waals surface area contributed by atoms with Crippen LogP contribution >= 0.6 is 11.8 Å². The Morgan fingerprint density at radius 3 is 2.65 bits per heavy atom. The van der Waals surface area contributed by atoms with E-state index in [9.17, 15) is 4.79 Å². The Morgan fingerprint density at radius 1 is 1.35 bits per heavy atom. The number of nitriles is 1. The van der Waals surface area contributed by atoms with Crippen LogP contribution in [0.2, 0.25) is 0 Å². The summed E-state index contributed by atoms with van der Waals surface area (Å²) in [7, 11) is 0. The Morgan fingerprint density at radius 2 is 2.06 bits per heavy atom. The summed E-state index contributed by atoms with van der Waals surface area (Å²) >= 11 is 0.890. The second-order valence-electron chi connectivity index (χ2n) is 3.16. The quantitative estimate of drug-likeness (QED) is 0.755. The Kier molecular flexibility index (Phi) is 3.21. The van der Waals surface area contributed by atoms with Gasteiger partial charge in [0.1, 0.15) is 0 Å². The molecule has 0 aliphatic carbocycles. The maximum absolute atomic E-state index is 10.8. The molecular weight excluding hydrogens is 238 g/mol. The number of carbonyl (C=O) groups is 1. The highest BCUT2D eigenvalue weighted by Gasteiger charge is 2.10. The summed E-state index contributed by atoms with van der Waals surface area (Å²) < 4.78 is 5.29. The van der Waals surface area contributed by atoms with Crippen molar-refractivity contribution in [1.82, 2.24) is 10.2 Å². The van der Waals surface area contributed by atoms with Gasteiger partial charge in [0, 0.05) is 24.2 Å². The Hall–Kier alpha value is -2.13. The molecule has 0 fully saturated rings. The zero-order valence-electron chi connectivity index (χ0n) is 8.88. The van der Waals surface area contributed by atoms with Crippen LogP contribution in [0, 0.1) is 11.3 Å². The van der Waals surface area contributed by atoms with E-state index in [0.29, 0.717) is 17.0 Å². The highest BCUT2D eigenvalue weighted by atomic mass is 32.2. The molecule has 0 amide bonds. The van der Waals surface area contributed by atoms with Crippen molar-refractivity contribution < 1.29 is 9.21 Å². The molecule has 0 bridgehead atoms. The first-order valence-electron chi connectivity index (χ1n) is 4.71. The number of thioether (sulfide) groups is 1. The van der Waals surface area contributed by atoms with Gasteiger partial charge in [-0.05, 0) is 24.3 Å². The predicted molar refractivity (Wildman–Crippen MR) is 61.0 cm³/mol. The fraction of sp³-hybridized carbons (Fsp3) is 0.0909. The molecule has 1 aromatic heterocycles. The molecule has 17 heavy (non-hydrogen) atoms. The number of hydrogen-bond donors (Lipinski definition) is 0. The Bertz CT molecular complexity index is 584. The zero-order valence-corrected chi connectivity index (χ0v) is 9.69. The minimum Gasteiger partial charge on any atom is -0.411 e. The second kappa shape index (κ2) is 4.80. The summed E-state index contributed by atoms with van der Waals surface area (Å²) in [6.45, 7) is 1.43. The van der Waals surface area contributed by atoms with Crippen molar-refractivity contribution in [3.63, 3.8) is 0 Å². The first kappa shape index (κ1) is 11.4. The van der Waals surface area contributed by atoms with Gasteiger partial charge >= 0.3 is 0 Å². The van der Waals surface area contributed by atoms with Crippen LogP contribution in [-0.4, -0.2) is 15.3 Å². The highest BCUT2D eigenvalue weighted by Crippen LogP contribution is 2.23. The van der Waals surface area contributed by atoms with Crippen molar-refractivity contribution >= 4 is 16.9 Å². The largest absolute Gasteiger partial charge is 0.411 e. The van der Waals surface area contributed by atoms with E-state index in [1.54, 1.807) is 24.3 Å². The van der Waals surface area contributed by atoms with Gasteiger partial charge in [-0.15, -0.1) is 10.2 Å². The van der Waals surface area contributed by atoms with E-state index < -0.39 is 0 Å². The van der Waals surface area contributed by atoms with Crippen LogP contribution in [0.1, 0.15) is 12.5 Å². The molecule has 0 spiro atoms. The maximum Gasteiger partial charge on any atom is 0.284 e. The van der Waals surface area contributed by atoms with Crippen LogP contribution in [-0.2, 0) is 4.79 Å². The molecule has 1 aromatic carbocycles. The molecule has 5 nitrogen and oxygen atoms in total. The van der Waals surface area contributed by atoms with E-state index in [2.05, 4.69) is 10.2 Å². The summed E-state index contributed by atoms with van der Waals surface area (Å²) in [6, 6.07) is 8.78. The average molecular weight is 245 g/mol. The molecule has 0 saturated carbocycles. The molecule has 1 heterocycles. The minimum atomic E-state index is -0.111. The van der Waals surface area contributed by atoms with E-state index in [0.717, 1.165) is 11.8 Å². The van der Waals surface area contributed by atoms with Crippen molar-refractivity contribution in [2.75, 3.05) is 0 Å². The number of benzene rings is 1. The summed E-state index contributed by atoms with van der Waals surface area (Å²) in [5.74, 6) is 0.332. The lowest BCUT2D eigenvalue weighted by atomic mass is 10.1. The molecule has 6 heteroatoms. The van der Waals surface area contributed by atoms with E-state index in [1.165, 1.54) is 6.92 Å². The van der Waals surface area contributed by atoms with Gasteiger partial charge in [-0.3, -0.25) is 4.79 Å². The summed E-state index contributed by atoms with van der Waals surface area (Å²) in [4.78, 5) is 10.8. The van der Waals surface area contributed by atoms with Crippen LogP contribution in [0.25, 0.3) is 11.5 Å². The van der Waals surface area contributed by atoms with Crippen LogP contribution < -0.4 is 0 Å². The van der Waals surface area contributed by atoms with Gasteiger partial charge in [0.2, 0.25) is 5.89 Å². The van der Waals surface area contributed by atoms with Gasteiger partial charge in [0.05, 0.1) is 11.6 Å². The molecule has 0 radical (unpaired) electrons. The van der Waals surface area contributed by atoms with Crippen LogP contribution in [0.4, 0.5) is 0 Å². The smallest absolute Gasteiger partial charge is 0.284 e. The van der Waals surface area contributed by atoms with E-state index in [4.69, 9.17) is 9.68 Å². The zero-order chi connectivity index (χ0) is 12.3. The third kappa shape index (κ3) is 2.71. The molecule has 0 unspecified atom stereocenters. The van der Waals surface area contributed by atoms with Crippen molar-refractivity contribution in [3.8, 4) is 17.5 Å². The van der Waals surface area contributed by atoms with Crippen molar-refractivity contribution in [2.45, 2.75) is 12.1 Å². The first-order chi connectivity index (χ1) is 8.19. The van der Waals surface area contributed by atoms with Crippen LogP contribution in [0.3, 0.4) is 0 Å². The molecule has 0 atom stereocenters. The van der Waals surface area contributed by atoms with Crippen LogP contribution in [0.15, 0.2) is 33.9 Å². The van der Waals surface area contributed by atoms with E-state index >= 15 is 0 Å². The maximum atomic E-state index is 10.8. The lowest BCUT2D eigenvalue weighted by Crippen LogP contribution is -1.80. The molecule has 2 aromatic rings. The number of carbonyl (C=O) groups excluding carboxylic acids is 1. The average Bonchev–Trinajstić information content (AvgIpc) is 2.77. The number of rotatable bonds is 2. The Balaban J connectivity index is 2.24. The first-order valence-corrected chi connectivity index (χ1v) is 5.53. The number of nitrogens with zero attached hydrogens (tertiary/aromatic N) is 3. The van der Waals surface area contributed by atoms with E-state index in [-0.39, 0.29) is 10.3 Å². The normalized spacial score (nSPS) is 9.88. The number of aromatic nitrogens is 2. The highest BCUT2D eigenvalue weighted by molar-refractivity contribution is 8.13. The predicted octanol–water partition coefficient (Wildman–Crippen LogP) is 2.25. The van der Waals surface area contributed by atoms with Gasteiger partial charge in [0.25, 0.3) is 5.22 Å². The van der Waals surface area contributed by atoms with Crippen molar-refractivity contribution in [3.05, 3.63) is 29.8 Å². The molecule has 0 aliphatic heterocycles. The fourth-order valence-electron chi connectivity index (χ4n) is 1.18. The summed E-state index contributed by atoms with van der Waals surface area (Å²) in [6.07, 6.45) is 0. The van der Waals surface area contributed by atoms with Gasteiger partial charge in [-0.2, -0.15) is 5.26 Å². The van der Waals surface area contributed by atoms with Crippen molar-refractivity contribution in [2.24, 2.45) is 0 Å². The van der Waals surface area contributed by atoms with Crippen molar-refractivity contribution in [1.29, 1.82) is 5.26 Å². The number of hydrogen-bond acceptors (Lipinski definition) is 6. The monoisotopic (exact) mass is 245 g/mol. The van der Waals surface area contributed by atoms with Gasteiger partial charge in [0.15, 0.2) is 5.12 Å². The van der Waals surface area contributed by atoms with Gasteiger partial charge in [-0.1, -0.05) is 0 Å². The standard InChI is InChI=1S/C11H7N3O2S/c1-7(15)17-11-14-13-10(16-11)9-4-2-8(6-12)3-5-9/h2-5H,1H3. The topological polar surface area (TPSA) is 79.8 Å². The minimum absolute atomic E-state index is 0.111. The SMILES string of the molecule is CC(=O)Sc1nnc(-c2ccc(C#N)cc2)o1. The third-order valence-corrected chi connectivity index (χ3v) is 2.53. The molecular formula is C11H7N3O2S. The third-order valence-electron chi connectivity index (χ3n) is 1.90. The van der Waals surface area contributed by atoms with Gasteiger partial charge < -0.3 is 4.42 Å². The van der Waals surface area contributed by atoms with Gasteiger partial charge in [-0.25, -0.2) is 0 Å². The molecule has 84 valence electrons. The lowest BCUT2D eigenvalue weighted by Gasteiger charge is -1.93. The summed E-state index contributed by atoms with van der Waals surface area (Å²) in [5, 5.41) is 16.3. The fourth-order valence-corrected chi connectivity index (χ4v) is 1.63. The molecule has 0 aliphatic rings. The summed E-state index contributed by atoms with van der Waals surface area (Å²) in [5.41, 5.74) is 1.28. The molecule has 0 N–H and O–H groups in total. The van der Waals surface area contributed by atoms with E-state index in [1.807, 2.05) is 6.07 Å². The Labute approximate surface area is 101 Å². The molecule has 2 rings (SSSR count). The second-order valence-corrected chi connectivity index (χ2v) is 4.28. The molecule has 0 saturated heterocycles. The van der Waals surface area contributed by atoms with Crippen LogP contribution in [0.5, 0.6) is 0 Å². The lowest BCUT2D eigenvalue weighted by molar-refractivity contribution is -0.109.